The number of carbonyl (C=O) groups is 1. The van der Waals surface area contributed by atoms with E-state index in [-0.39, 0.29) is 6.61 Å². The molecule has 4 aromatic carbocycles. The first kappa shape index (κ1) is 31.0. The molecule has 0 aliphatic carbocycles. The van der Waals surface area contributed by atoms with Crippen LogP contribution < -0.4 is 10.6 Å². The Morgan fingerprint density at radius 3 is 1.50 bits per heavy atom. The van der Waals surface area contributed by atoms with Gasteiger partial charge < -0.3 is 15.7 Å². The smallest absolute Gasteiger partial charge is 0.160 e. The topological polar surface area (TPSA) is 87.1 Å². The lowest BCUT2D eigenvalue weighted by atomic mass is 10.1. The minimum absolute atomic E-state index is 0.0601. The summed E-state index contributed by atoms with van der Waals surface area (Å²) in [5.41, 5.74) is 8.63. The lowest BCUT2D eigenvalue weighted by Crippen LogP contribution is -1.91. The van der Waals surface area contributed by atoms with Crippen molar-refractivity contribution >= 4 is 71.9 Å². The minimum Gasteiger partial charge on any atom is -0.391 e. The number of hydrogen-bond acceptors (Lipinski definition) is 8. The van der Waals surface area contributed by atoms with Crippen LogP contribution in [0, 0.1) is 0 Å². The van der Waals surface area contributed by atoms with Gasteiger partial charge in [-0.3, -0.25) is 14.8 Å². The molecular weight excluding hydrogens is 633 g/mol. The van der Waals surface area contributed by atoms with Crippen molar-refractivity contribution in [3.63, 3.8) is 0 Å². The van der Waals surface area contributed by atoms with E-state index in [1.54, 1.807) is 23.7 Å². The predicted octanol–water partition coefficient (Wildman–Crippen LogP) is 10.7. The Balaban J connectivity index is 0.000000152. The van der Waals surface area contributed by atoms with Crippen molar-refractivity contribution in [2.75, 3.05) is 10.6 Å². The number of nitrogens with zero attached hydrogens (tertiary/aromatic N) is 2. The molecule has 4 heterocycles. The molecule has 234 valence electrons. The third kappa shape index (κ3) is 7.01. The molecule has 0 atom stereocenters. The summed E-state index contributed by atoms with van der Waals surface area (Å²) >= 11 is 3.02. The third-order valence-corrected chi connectivity index (χ3v) is 9.83. The maximum atomic E-state index is 11.0. The number of benzene rings is 4. The maximum absolute atomic E-state index is 11.0. The maximum Gasteiger partial charge on any atom is 0.160 e. The number of hydrogen-bond donors (Lipinski definition) is 3. The summed E-state index contributed by atoms with van der Waals surface area (Å²) in [7, 11) is 0. The highest BCUT2D eigenvalue weighted by atomic mass is 32.1. The Bertz CT molecular complexity index is 2280. The van der Waals surface area contributed by atoms with E-state index >= 15 is 0 Å². The van der Waals surface area contributed by atoms with Crippen LogP contribution in [0.25, 0.3) is 42.4 Å². The fourth-order valence-electron chi connectivity index (χ4n) is 5.39. The zero-order valence-corrected chi connectivity index (χ0v) is 27.3. The average molecular weight is 663 g/mol. The molecule has 0 saturated carbocycles. The molecule has 0 saturated heterocycles. The molecule has 48 heavy (non-hydrogen) atoms. The van der Waals surface area contributed by atoms with Crippen LogP contribution in [0.4, 0.5) is 22.7 Å². The molecule has 6 nitrogen and oxygen atoms in total. The SMILES string of the molecule is O=Cc1cc2c(Nc3ccc(-c4ccccc4)cc3)cncc2s1.OCc1cc2c(Nc3ccc(-c4ccccc4)cc3)cncc2s1. The number of rotatable bonds is 8. The Hall–Kier alpha value is -5.67. The molecular formula is C40H30N4O2S2. The van der Waals surface area contributed by atoms with E-state index in [2.05, 4.69) is 81.3 Å². The third-order valence-electron chi connectivity index (χ3n) is 7.78. The number of nitrogens with one attached hydrogen (secondary N) is 2. The van der Waals surface area contributed by atoms with Crippen LogP contribution in [0.1, 0.15) is 14.5 Å². The van der Waals surface area contributed by atoms with Gasteiger partial charge in [0, 0.05) is 39.4 Å². The summed E-state index contributed by atoms with van der Waals surface area (Å²) in [6.07, 6.45) is 8.11. The van der Waals surface area contributed by atoms with E-state index in [9.17, 15) is 9.90 Å². The van der Waals surface area contributed by atoms with Gasteiger partial charge >= 0.3 is 0 Å². The van der Waals surface area contributed by atoms with Gasteiger partial charge in [-0.15, -0.1) is 22.7 Å². The van der Waals surface area contributed by atoms with Crippen LogP contribution in [-0.2, 0) is 6.61 Å². The molecule has 0 aliphatic heterocycles. The fourth-order valence-corrected chi connectivity index (χ4v) is 7.18. The van der Waals surface area contributed by atoms with Crippen LogP contribution in [-0.4, -0.2) is 21.4 Å². The average Bonchev–Trinajstić information content (AvgIpc) is 3.79. The van der Waals surface area contributed by atoms with Crippen LogP contribution in [0.5, 0.6) is 0 Å². The van der Waals surface area contributed by atoms with Crippen LogP contribution in [0.2, 0.25) is 0 Å². The van der Waals surface area contributed by atoms with E-state index in [0.717, 1.165) is 54.1 Å². The molecule has 0 bridgehead atoms. The van der Waals surface area contributed by atoms with E-state index in [0.29, 0.717) is 4.88 Å². The highest BCUT2D eigenvalue weighted by Crippen LogP contribution is 2.34. The number of aldehydes is 1. The van der Waals surface area contributed by atoms with Gasteiger partial charge in [-0.25, -0.2) is 0 Å². The number of anilines is 4. The second-order valence-corrected chi connectivity index (χ2v) is 13.3. The Labute approximate surface area is 286 Å². The molecule has 0 radical (unpaired) electrons. The van der Waals surface area contributed by atoms with E-state index in [1.165, 1.54) is 33.6 Å². The number of thiophene rings is 2. The summed E-state index contributed by atoms with van der Waals surface area (Å²) in [6.45, 7) is 0.0601. The number of aliphatic hydroxyl groups excluding tert-OH is 1. The van der Waals surface area contributed by atoms with Gasteiger partial charge in [-0.05, 0) is 58.7 Å². The summed E-state index contributed by atoms with van der Waals surface area (Å²) in [5.74, 6) is 0. The molecule has 8 rings (SSSR count). The van der Waals surface area contributed by atoms with Crippen molar-refractivity contribution in [1.82, 2.24) is 9.97 Å². The van der Waals surface area contributed by atoms with Crippen LogP contribution in [0.3, 0.4) is 0 Å². The van der Waals surface area contributed by atoms with E-state index < -0.39 is 0 Å². The number of carbonyl (C=O) groups excluding carboxylic acids is 1. The number of aliphatic hydroxyl groups is 1. The van der Waals surface area contributed by atoms with Gasteiger partial charge in [-0.1, -0.05) is 84.9 Å². The van der Waals surface area contributed by atoms with E-state index in [4.69, 9.17) is 0 Å². The molecule has 0 spiro atoms. The van der Waals surface area contributed by atoms with Crippen molar-refractivity contribution in [2.45, 2.75) is 6.61 Å². The summed E-state index contributed by atoms with van der Waals surface area (Å²) in [4.78, 5) is 21.2. The van der Waals surface area contributed by atoms with Gasteiger partial charge in [0.25, 0.3) is 0 Å². The standard InChI is InChI=1S/C20H16N2OS.C20H14N2OS/c2*23-13-17-10-18-19(11-21-12-20(18)24-17)22-16-8-6-15(7-9-16)14-4-2-1-3-5-14/h1-12,22-23H,13H2;1-13,22H. The molecule has 0 fully saturated rings. The lowest BCUT2D eigenvalue weighted by Gasteiger charge is -2.08. The zero-order chi connectivity index (χ0) is 32.7. The van der Waals surface area contributed by atoms with E-state index in [1.807, 2.05) is 73.1 Å². The van der Waals surface area contributed by atoms with Gasteiger partial charge in [0.05, 0.1) is 44.7 Å². The van der Waals surface area contributed by atoms with Crippen LogP contribution in [0.15, 0.2) is 146 Å². The second kappa shape index (κ2) is 14.4. The summed E-state index contributed by atoms with van der Waals surface area (Å²) < 4.78 is 2.08. The molecule has 8 heteroatoms. The first-order valence-corrected chi connectivity index (χ1v) is 16.9. The zero-order valence-electron chi connectivity index (χ0n) is 25.7. The lowest BCUT2D eigenvalue weighted by molar-refractivity contribution is 0.112. The van der Waals surface area contributed by atoms with Gasteiger partial charge in [0.15, 0.2) is 6.29 Å². The van der Waals surface area contributed by atoms with Gasteiger partial charge in [-0.2, -0.15) is 0 Å². The van der Waals surface area contributed by atoms with Gasteiger partial charge in [0.2, 0.25) is 0 Å². The number of pyridine rings is 2. The molecule has 0 unspecified atom stereocenters. The van der Waals surface area contributed by atoms with Crippen molar-refractivity contribution in [1.29, 1.82) is 0 Å². The highest BCUT2D eigenvalue weighted by Gasteiger charge is 2.09. The Morgan fingerprint density at radius 2 is 1.02 bits per heavy atom. The first-order chi connectivity index (χ1) is 23.7. The minimum atomic E-state index is 0.0601. The quantitative estimate of drug-likeness (QED) is 0.140. The normalized spacial score (nSPS) is 10.8. The monoisotopic (exact) mass is 662 g/mol. The first-order valence-electron chi connectivity index (χ1n) is 15.3. The molecule has 0 amide bonds. The van der Waals surface area contributed by atoms with Crippen molar-refractivity contribution in [3.05, 3.63) is 156 Å². The molecule has 0 aliphatic rings. The molecule has 8 aromatic rings. The second-order valence-electron chi connectivity index (χ2n) is 11.0. The van der Waals surface area contributed by atoms with Gasteiger partial charge in [0.1, 0.15) is 0 Å². The van der Waals surface area contributed by atoms with Crippen LogP contribution >= 0.6 is 22.7 Å². The van der Waals surface area contributed by atoms with Crippen molar-refractivity contribution in [2.24, 2.45) is 0 Å². The highest BCUT2D eigenvalue weighted by molar-refractivity contribution is 7.20. The van der Waals surface area contributed by atoms with Crippen molar-refractivity contribution in [3.8, 4) is 22.3 Å². The predicted molar refractivity (Wildman–Crippen MR) is 201 cm³/mol. The Morgan fingerprint density at radius 1 is 0.562 bits per heavy atom. The largest absolute Gasteiger partial charge is 0.391 e. The molecule has 4 aromatic heterocycles. The summed E-state index contributed by atoms with van der Waals surface area (Å²) in [6, 6.07) is 41.2. The fraction of sp³-hybridized carbons (Fsp3) is 0.0250. The Kier molecular flexibility index (Phi) is 9.29. The number of fused-ring (bicyclic) bond motifs is 2. The number of aromatic nitrogens is 2. The summed E-state index contributed by atoms with van der Waals surface area (Å²) in [5, 5.41) is 18.3. The van der Waals surface area contributed by atoms with Crippen molar-refractivity contribution < 1.29 is 9.90 Å². The molecule has 3 N–H and O–H groups in total.